The van der Waals surface area contributed by atoms with Crippen molar-refractivity contribution in [2.75, 3.05) is 11.9 Å². The summed E-state index contributed by atoms with van der Waals surface area (Å²) in [6, 6.07) is 19.3. The third-order valence-electron chi connectivity index (χ3n) is 4.81. The lowest BCUT2D eigenvalue weighted by Gasteiger charge is -2.16. The van der Waals surface area contributed by atoms with Gasteiger partial charge in [-0.05, 0) is 36.1 Å². The molecule has 3 rings (SSSR count). The van der Waals surface area contributed by atoms with Gasteiger partial charge in [-0.1, -0.05) is 48.5 Å². The number of amides is 2. The van der Waals surface area contributed by atoms with Crippen LogP contribution in [0.1, 0.15) is 51.4 Å². The van der Waals surface area contributed by atoms with E-state index in [1.165, 1.54) is 11.3 Å². The fourth-order valence-corrected chi connectivity index (χ4v) is 3.76. The topological polar surface area (TPSA) is 102 Å². The Morgan fingerprint density at radius 3 is 2.36 bits per heavy atom. The molecule has 33 heavy (non-hydrogen) atoms. The lowest BCUT2D eigenvalue weighted by molar-refractivity contribution is -0.147. The maximum atomic E-state index is 12.8. The Labute approximate surface area is 195 Å². The number of carbonyl (C=O) groups excluding carboxylic acids is 4. The van der Waals surface area contributed by atoms with Gasteiger partial charge in [0.1, 0.15) is 0 Å². The van der Waals surface area contributed by atoms with Crippen LogP contribution in [-0.4, -0.2) is 30.2 Å². The van der Waals surface area contributed by atoms with Crippen molar-refractivity contribution >= 4 is 40.6 Å². The zero-order chi connectivity index (χ0) is 23.6. The number of benzene rings is 2. The first-order valence-corrected chi connectivity index (χ1v) is 11.3. The number of nitrogens with one attached hydrogen (secondary N) is 2. The van der Waals surface area contributed by atoms with Gasteiger partial charge in [0.05, 0.1) is 28.6 Å². The molecule has 2 N–H and O–H groups in total. The highest BCUT2D eigenvalue weighted by Crippen LogP contribution is 2.18. The van der Waals surface area contributed by atoms with Gasteiger partial charge in [0.25, 0.3) is 11.8 Å². The molecule has 0 bridgehead atoms. The Morgan fingerprint density at radius 2 is 1.64 bits per heavy atom. The highest BCUT2D eigenvalue weighted by atomic mass is 32.1. The summed E-state index contributed by atoms with van der Waals surface area (Å²) >= 11 is 1.31. The van der Waals surface area contributed by atoms with Gasteiger partial charge in [-0.25, -0.2) is 0 Å². The van der Waals surface area contributed by atoms with Crippen LogP contribution in [0.25, 0.3) is 0 Å². The summed E-state index contributed by atoms with van der Waals surface area (Å²) in [5, 5.41) is 7.30. The minimum Gasteiger partial charge on any atom is -0.456 e. The predicted molar refractivity (Wildman–Crippen MR) is 126 cm³/mol. The quantitative estimate of drug-likeness (QED) is 0.342. The molecule has 1 unspecified atom stereocenters. The van der Waals surface area contributed by atoms with E-state index >= 15 is 0 Å². The average molecular weight is 465 g/mol. The summed E-state index contributed by atoms with van der Waals surface area (Å²) in [6.45, 7) is 1.36. The van der Waals surface area contributed by atoms with Crippen molar-refractivity contribution < 1.29 is 23.9 Å². The molecule has 0 aliphatic heterocycles. The fourth-order valence-electron chi connectivity index (χ4n) is 3.07. The second-order valence-electron chi connectivity index (χ2n) is 7.26. The molecule has 1 aromatic heterocycles. The first-order chi connectivity index (χ1) is 15.9. The molecular weight excluding hydrogens is 440 g/mol. The van der Waals surface area contributed by atoms with Crippen molar-refractivity contribution in [2.45, 2.75) is 25.8 Å². The first-order valence-electron chi connectivity index (χ1n) is 10.4. The molecule has 0 radical (unpaired) electrons. The molecule has 0 aliphatic carbocycles. The standard InChI is InChI=1S/C25H24N2O5S/c1-17(18-8-3-2-4-9-18)26-25(31)19-10-5-6-11-20(19)27-23(29)16-32-24(30)14-13-21(28)22-12-7-15-33-22/h2-12,15,17H,13-14,16H2,1H3,(H,26,31)(H,27,29). The van der Waals surface area contributed by atoms with Crippen LogP contribution in [0.2, 0.25) is 0 Å². The lowest BCUT2D eigenvalue weighted by Crippen LogP contribution is -2.28. The number of Topliss-reactive ketones (excluding diaryl/α,β-unsaturated/α-hetero) is 1. The Hall–Kier alpha value is -3.78. The van der Waals surface area contributed by atoms with Crippen LogP contribution in [0.3, 0.4) is 0 Å². The third kappa shape index (κ3) is 7.11. The molecule has 0 spiro atoms. The smallest absolute Gasteiger partial charge is 0.306 e. The van der Waals surface area contributed by atoms with Crippen LogP contribution in [0.4, 0.5) is 5.69 Å². The monoisotopic (exact) mass is 464 g/mol. The molecule has 3 aromatic rings. The molecule has 170 valence electrons. The number of thiophene rings is 1. The van der Waals surface area contributed by atoms with E-state index < -0.39 is 18.5 Å². The van der Waals surface area contributed by atoms with Gasteiger partial charge in [0.15, 0.2) is 12.4 Å². The predicted octanol–water partition coefficient (Wildman–Crippen LogP) is 4.38. The van der Waals surface area contributed by atoms with Crippen LogP contribution in [-0.2, 0) is 14.3 Å². The number of esters is 1. The number of hydrogen-bond donors (Lipinski definition) is 2. The second-order valence-corrected chi connectivity index (χ2v) is 8.21. The minimum atomic E-state index is -0.641. The van der Waals surface area contributed by atoms with Crippen molar-refractivity contribution in [3.63, 3.8) is 0 Å². The third-order valence-corrected chi connectivity index (χ3v) is 5.72. The van der Waals surface area contributed by atoms with E-state index in [0.29, 0.717) is 16.1 Å². The van der Waals surface area contributed by atoms with Gasteiger partial charge >= 0.3 is 5.97 Å². The Morgan fingerprint density at radius 1 is 0.909 bits per heavy atom. The summed E-state index contributed by atoms with van der Waals surface area (Å²) in [6.07, 6.45) is -0.0933. The zero-order valence-electron chi connectivity index (χ0n) is 18.1. The van der Waals surface area contributed by atoms with Crippen molar-refractivity contribution in [3.8, 4) is 0 Å². The largest absolute Gasteiger partial charge is 0.456 e. The van der Waals surface area contributed by atoms with Gasteiger partial charge in [-0.3, -0.25) is 19.2 Å². The summed E-state index contributed by atoms with van der Waals surface area (Å²) in [4.78, 5) is 49.5. The van der Waals surface area contributed by atoms with Crippen molar-refractivity contribution in [1.82, 2.24) is 5.32 Å². The number of para-hydroxylation sites is 1. The van der Waals surface area contributed by atoms with Crippen molar-refractivity contribution in [2.24, 2.45) is 0 Å². The molecule has 2 amide bonds. The lowest BCUT2D eigenvalue weighted by atomic mass is 10.1. The van der Waals surface area contributed by atoms with Crippen LogP contribution < -0.4 is 10.6 Å². The van der Waals surface area contributed by atoms with E-state index in [9.17, 15) is 19.2 Å². The molecule has 2 aromatic carbocycles. The highest BCUT2D eigenvalue weighted by Gasteiger charge is 2.17. The van der Waals surface area contributed by atoms with E-state index in [-0.39, 0.29) is 30.6 Å². The number of ketones is 1. The van der Waals surface area contributed by atoms with E-state index in [1.807, 2.05) is 37.3 Å². The Bertz CT molecular complexity index is 1110. The van der Waals surface area contributed by atoms with Gasteiger partial charge < -0.3 is 15.4 Å². The number of anilines is 1. The van der Waals surface area contributed by atoms with Gasteiger partial charge in [-0.15, -0.1) is 11.3 Å². The normalized spacial score (nSPS) is 11.3. The first kappa shape index (κ1) is 23.9. The molecule has 0 saturated heterocycles. The number of carbonyl (C=O) groups is 4. The SMILES string of the molecule is CC(NC(=O)c1ccccc1NC(=O)COC(=O)CCC(=O)c1cccs1)c1ccccc1. The van der Waals surface area contributed by atoms with Crippen molar-refractivity contribution in [1.29, 1.82) is 0 Å². The maximum absolute atomic E-state index is 12.8. The molecule has 1 heterocycles. The summed E-state index contributed by atoms with van der Waals surface area (Å²) < 4.78 is 4.97. The van der Waals surface area contributed by atoms with Crippen LogP contribution in [0.15, 0.2) is 72.1 Å². The van der Waals surface area contributed by atoms with Gasteiger partial charge in [0.2, 0.25) is 0 Å². The summed E-state index contributed by atoms with van der Waals surface area (Å²) in [7, 11) is 0. The number of ether oxygens (including phenoxy) is 1. The molecular formula is C25H24N2O5S. The van der Waals surface area contributed by atoms with Crippen molar-refractivity contribution in [3.05, 3.63) is 88.1 Å². The Balaban J connectivity index is 1.50. The number of rotatable bonds is 10. The highest BCUT2D eigenvalue weighted by molar-refractivity contribution is 7.12. The molecule has 0 aliphatic rings. The summed E-state index contributed by atoms with van der Waals surface area (Å²) in [5.74, 6) is -1.70. The van der Waals surface area contributed by atoms with E-state index in [0.717, 1.165) is 5.56 Å². The molecule has 1 atom stereocenters. The minimum absolute atomic E-state index is 0.0174. The van der Waals surface area contributed by atoms with Crippen LogP contribution >= 0.6 is 11.3 Å². The van der Waals surface area contributed by atoms with Gasteiger partial charge in [-0.2, -0.15) is 0 Å². The Kier molecular flexibility index (Phi) is 8.49. The number of hydrogen-bond acceptors (Lipinski definition) is 6. The molecule has 7 nitrogen and oxygen atoms in total. The fraction of sp³-hybridized carbons (Fsp3) is 0.200. The maximum Gasteiger partial charge on any atom is 0.306 e. The zero-order valence-corrected chi connectivity index (χ0v) is 18.9. The van der Waals surface area contributed by atoms with Crippen LogP contribution in [0, 0.1) is 0 Å². The van der Waals surface area contributed by atoms with E-state index in [2.05, 4.69) is 10.6 Å². The summed E-state index contributed by atoms with van der Waals surface area (Å²) in [5.41, 5.74) is 1.56. The van der Waals surface area contributed by atoms with E-state index in [1.54, 1.807) is 41.8 Å². The van der Waals surface area contributed by atoms with Gasteiger partial charge in [0, 0.05) is 6.42 Å². The average Bonchev–Trinajstić information content (AvgIpc) is 3.37. The molecule has 0 saturated carbocycles. The van der Waals surface area contributed by atoms with Crippen LogP contribution in [0.5, 0.6) is 0 Å². The molecule has 0 fully saturated rings. The second kappa shape index (κ2) is 11.7. The van der Waals surface area contributed by atoms with E-state index in [4.69, 9.17) is 4.74 Å². The molecule has 8 heteroatoms.